The summed E-state index contributed by atoms with van der Waals surface area (Å²) in [6, 6.07) is 12.0. The smallest absolute Gasteiger partial charge is 0.225 e. The molecule has 1 N–H and O–H groups in total. The Morgan fingerprint density at radius 2 is 2.17 bits per heavy atom. The van der Waals surface area contributed by atoms with E-state index in [-0.39, 0.29) is 11.8 Å². The Kier molecular flexibility index (Phi) is 4.06. The molecule has 92 valence electrons. The number of nitrogens with zero attached hydrogens (tertiary/aromatic N) is 1. The Morgan fingerprint density at radius 3 is 2.78 bits per heavy atom. The largest absolute Gasteiger partial charge is 0.320 e. The summed E-state index contributed by atoms with van der Waals surface area (Å²) in [5, 5.41) is 12.8. The molecular formula is C14H14N2OS. The second-order valence-electron chi connectivity index (χ2n) is 4.00. The number of nitriles is 1. The fourth-order valence-electron chi connectivity index (χ4n) is 2.05. The van der Waals surface area contributed by atoms with E-state index in [9.17, 15) is 10.1 Å². The van der Waals surface area contributed by atoms with Crippen LogP contribution in [0.2, 0.25) is 0 Å². The second-order valence-corrected chi connectivity index (χ2v) is 5.28. The minimum Gasteiger partial charge on any atom is -0.320 e. The van der Waals surface area contributed by atoms with Crippen molar-refractivity contribution in [3.63, 3.8) is 0 Å². The SMILES string of the molecule is CCSC1=C(C#N)[C@@H](c2ccccc2)CC(=O)N1. The lowest BCUT2D eigenvalue weighted by Crippen LogP contribution is -2.30. The van der Waals surface area contributed by atoms with Crippen LogP contribution in [0.25, 0.3) is 0 Å². The Morgan fingerprint density at radius 1 is 1.44 bits per heavy atom. The molecule has 1 aliphatic heterocycles. The first kappa shape index (κ1) is 12.7. The summed E-state index contributed by atoms with van der Waals surface area (Å²) in [6.07, 6.45) is 0.348. The van der Waals surface area contributed by atoms with E-state index >= 15 is 0 Å². The Balaban J connectivity index is 2.42. The maximum Gasteiger partial charge on any atom is 0.225 e. The first-order valence-corrected chi connectivity index (χ1v) is 6.86. The normalized spacial score (nSPS) is 19.3. The molecule has 0 saturated heterocycles. The van der Waals surface area contributed by atoms with E-state index in [2.05, 4.69) is 11.4 Å². The van der Waals surface area contributed by atoms with Crippen LogP contribution in [0.1, 0.15) is 24.8 Å². The Hall–Kier alpha value is -1.73. The third kappa shape index (κ3) is 2.57. The number of allylic oxidation sites excluding steroid dienone is 1. The summed E-state index contributed by atoms with van der Waals surface area (Å²) < 4.78 is 0. The van der Waals surface area contributed by atoms with Gasteiger partial charge in [-0.2, -0.15) is 5.26 Å². The minimum absolute atomic E-state index is 0.0150. The number of carbonyl (C=O) groups is 1. The van der Waals surface area contributed by atoms with E-state index in [4.69, 9.17) is 0 Å². The number of thioether (sulfide) groups is 1. The van der Waals surface area contributed by atoms with Crippen molar-refractivity contribution in [3.8, 4) is 6.07 Å². The lowest BCUT2D eigenvalue weighted by atomic mass is 9.87. The van der Waals surface area contributed by atoms with Gasteiger partial charge in [-0.15, -0.1) is 11.8 Å². The van der Waals surface area contributed by atoms with Crippen molar-refractivity contribution >= 4 is 17.7 Å². The quantitative estimate of drug-likeness (QED) is 0.907. The minimum atomic E-state index is -0.112. The van der Waals surface area contributed by atoms with E-state index < -0.39 is 0 Å². The molecule has 1 aromatic carbocycles. The van der Waals surface area contributed by atoms with Crippen LogP contribution in [0.15, 0.2) is 40.9 Å². The molecule has 0 aromatic heterocycles. The molecule has 0 fully saturated rings. The molecule has 1 aromatic rings. The fraction of sp³-hybridized carbons (Fsp3) is 0.286. The highest BCUT2D eigenvalue weighted by atomic mass is 32.2. The van der Waals surface area contributed by atoms with Gasteiger partial charge >= 0.3 is 0 Å². The van der Waals surface area contributed by atoms with Crippen LogP contribution in [0.5, 0.6) is 0 Å². The number of rotatable bonds is 3. The lowest BCUT2D eigenvalue weighted by molar-refractivity contribution is -0.120. The maximum atomic E-state index is 11.7. The fourth-order valence-corrected chi connectivity index (χ4v) is 2.87. The highest BCUT2D eigenvalue weighted by Crippen LogP contribution is 2.35. The summed E-state index contributed by atoms with van der Waals surface area (Å²) in [7, 11) is 0. The van der Waals surface area contributed by atoms with Gasteiger partial charge in [0.15, 0.2) is 0 Å². The summed E-state index contributed by atoms with van der Waals surface area (Å²) >= 11 is 1.51. The van der Waals surface area contributed by atoms with E-state index in [1.165, 1.54) is 11.8 Å². The Bertz CT molecular complexity index is 516. The van der Waals surface area contributed by atoms with Gasteiger partial charge < -0.3 is 5.32 Å². The molecule has 3 nitrogen and oxygen atoms in total. The number of hydrogen-bond donors (Lipinski definition) is 1. The number of hydrogen-bond acceptors (Lipinski definition) is 3. The molecule has 1 aliphatic rings. The highest BCUT2D eigenvalue weighted by Gasteiger charge is 2.28. The first-order chi connectivity index (χ1) is 8.76. The van der Waals surface area contributed by atoms with E-state index in [1.807, 2.05) is 37.3 Å². The third-order valence-corrected chi connectivity index (χ3v) is 3.75. The lowest BCUT2D eigenvalue weighted by Gasteiger charge is -2.24. The summed E-state index contributed by atoms with van der Waals surface area (Å²) in [5.74, 6) is 0.709. The zero-order chi connectivity index (χ0) is 13.0. The van der Waals surface area contributed by atoms with Gasteiger partial charge in [-0.25, -0.2) is 0 Å². The van der Waals surface area contributed by atoms with Gasteiger partial charge in [-0.1, -0.05) is 37.3 Å². The zero-order valence-electron chi connectivity index (χ0n) is 10.1. The van der Waals surface area contributed by atoms with Gasteiger partial charge in [0, 0.05) is 12.3 Å². The van der Waals surface area contributed by atoms with Crippen molar-refractivity contribution in [2.24, 2.45) is 0 Å². The van der Waals surface area contributed by atoms with Gasteiger partial charge in [0.25, 0.3) is 0 Å². The van der Waals surface area contributed by atoms with Crippen molar-refractivity contribution in [3.05, 3.63) is 46.5 Å². The van der Waals surface area contributed by atoms with Crippen molar-refractivity contribution in [2.45, 2.75) is 19.3 Å². The van der Waals surface area contributed by atoms with Gasteiger partial charge in [-0.05, 0) is 11.3 Å². The van der Waals surface area contributed by atoms with Crippen LogP contribution in [0.3, 0.4) is 0 Å². The molecule has 0 bridgehead atoms. The van der Waals surface area contributed by atoms with Crippen molar-refractivity contribution in [1.29, 1.82) is 5.26 Å². The van der Waals surface area contributed by atoms with Crippen LogP contribution in [0.4, 0.5) is 0 Å². The molecule has 0 saturated carbocycles. The van der Waals surface area contributed by atoms with Crippen LogP contribution in [-0.4, -0.2) is 11.7 Å². The second kappa shape index (κ2) is 5.74. The predicted molar refractivity (Wildman–Crippen MR) is 72.7 cm³/mol. The molecule has 1 atom stereocenters. The van der Waals surface area contributed by atoms with Crippen molar-refractivity contribution in [2.75, 3.05) is 5.75 Å². The molecule has 1 amide bonds. The van der Waals surface area contributed by atoms with E-state index in [0.717, 1.165) is 11.3 Å². The zero-order valence-corrected chi connectivity index (χ0v) is 11.0. The average Bonchev–Trinajstić information content (AvgIpc) is 2.39. The topological polar surface area (TPSA) is 52.9 Å². The monoisotopic (exact) mass is 258 g/mol. The van der Waals surface area contributed by atoms with E-state index in [1.54, 1.807) is 0 Å². The van der Waals surface area contributed by atoms with Gasteiger partial charge in [0.05, 0.1) is 16.7 Å². The molecule has 2 rings (SSSR count). The van der Waals surface area contributed by atoms with Gasteiger partial charge in [0.1, 0.15) is 0 Å². The summed E-state index contributed by atoms with van der Waals surface area (Å²) in [5.41, 5.74) is 1.70. The number of amides is 1. The average molecular weight is 258 g/mol. The highest BCUT2D eigenvalue weighted by molar-refractivity contribution is 8.03. The molecule has 1 heterocycles. The van der Waals surface area contributed by atoms with Crippen LogP contribution < -0.4 is 5.32 Å². The molecule has 18 heavy (non-hydrogen) atoms. The van der Waals surface area contributed by atoms with E-state index in [0.29, 0.717) is 17.0 Å². The van der Waals surface area contributed by atoms with Crippen molar-refractivity contribution < 1.29 is 4.79 Å². The number of nitrogens with one attached hydrogen (secondary N) is 1. The molecule has 0 aliphatic carbocycles. The molecule has 0 spiro atoms. The third-order valence-electron chi connectivity index (χ3n) is 2.85. The maximum absolute atomic E-state index is 11.7. The van der Waals surface area contributed by atoms with Gasteiger partial charge in [-0.3, -0.25) is 4.79 Å². The Labute approximate surface area is 111 Å². The number of carbonyl (C=O) groups excluding carboxylic acids is 1. The standard InChI is InChI=1S/C14H14N2OS/c1-2-18-14-12(9-15)11(8-13(17)16-14)10-6-4-3-5-7-10/h3-7,11H,2,8H2,1H3,(H,16,17)/t11-/m1/s1. The predicted octanol–water partition coefficient (Wildman–Crippen LogP) is 2.78. The molecule has 0 radical (unpaired) electrons. The van der Waals surface area contributed by atoms with Gasteiger partial charge in [0.2, 0.25) is 5.91 Å². The van der Waals surface area contributed by atoms with Crippen LogP contribution in [0, 0.1) is 11.3 Å². The van der Waals surface area contributed by atoms with Crippen LogP contribution >= 0.6 is 11.8 Å². The molecule has 0 unspecified atom stereocenters. The van der Waals surface area contributed by atoms with Crippen molar-refractivity contribution in [1.82, 2.24) is 5.32 Å². The summed E-state index contributed by atoms with van der Waals surface area (Å²) in [6.45, 7) is 2.00. The first-order valence-electron chi connectivity index (χ1n) is 5.88. The molecule has 4 heteroatoms. The van der Waals surface area contributed by atoms with Crippen LogP contribution in [-0.2, 0) is 4.79 Å². The summed E-state index contributed by atoms with van der Waals surface area (Å²) in [4.78, 5) is 11.7. The number of benzene rings is 1. The molecular weight excluding hydrogens is 244 g/mol.